The van der Waals surface area contributed by atoms with E-state index in [0.717, 1.165) is 23.6 Å². The Morgan fingerprint density at radius 2 is 2.09 bits per heavy atom. The highest BCUT2D eigenvalue weighted by molar-refractivity contribution is 5.92. The maximum atomic E-state index is 4.48. The molecule has 0 bridgehead atoms. The standard InChI is InChI=1S/C18H20N4/c1-18(2)9-11-20-17(18)19-10-6-12-22-13-16(21-14-22)15-7-4-3-5-8-15/h3-11,13-14H,12H2,1-2H3,(H,19,20)/b10-6-. The summed E-state index contributed by atoms with van der Waals surface area (Å²) < 4.78 is 2.05. The number of aromatic nitrogens is 2. The van der Waals surface area contributed by atoms with Crippen molar-refractivity contribution in [1.29, 1.82) is 0 Å². The summed E-state index contributed by atoms with van der Waals surface area (Å²) in [6.45, 7) is 5.03. The lowest BCUT2D eigenvalue weighted by molar-refractivity contribution is 0.680. The van der Waals surface area contributed by atoms with Crippen LogP contribution in [0.3, 0.4) is 0 Å². The van der Waals surface area contributed by atoms with Crippen molar-refractivity contribution in [3.8, 4) is 11.3 Å². The van der Waals surface area contributed by atoms with E-state index in [1.807, 2.05) is 53.8 Å². The number of amidine groups is 1. The quantitative estimate of drug-likeness (QED) is 0.935. The molecular formula is C18H20N4. The Hall–Kier alpha value is -2.62. The number of nitrogens with one attached hydrogen (secondary N) is 1. The molecule has 0 spiro atoms. The molecule has 1 aliphatic heterocycles. The van der Waals surface area contributed by atoms with Gasteiger partial charge in [-0.05, 0) is 26.1 Å². The lowest BCUT2D eigenvalue weighted by Crippen LogP contribution is -2.26. The first-order valence-electron chi connectivity index (χ1n) is 7.40. The van der Waals surface area contributed by atoms with Gasteiger partial charge in [0.05, 0.1) is 12.0 Å². The summed E-state index contributed by atoms with van der Waals surface area (Å²) >= 11 is 0. The monoisotopic (exact) mass is 292 g/mol. The van der Waals surface area contributed by atoms with Gasteiger partial charge in [0.1, 0.15) is 5.84 Å². The molecule has 0 amide bonds. The van der Waals surface area contributed by atoms with Crippen LogP contribution in [0, 0.1) is 5.41 Å². The molecule has 1 aliphatic rings. The lowest BCUT2D eigenvalue weighted by atomic mass is 9.94. The van der Waals surface area contributed by atoms with Crippen LogP contribution in [-0.4, -0.2) is 15.4 Å². The fourth-order valence-electron chi connectivity index (χ4n) is 2.31. The van der Waals surface area contributed by atoms with E-state index < -0.39 is 0 Å². The van der Waals surface area contributed by atoms with Crippen molar-refractivity contribution < 1.29 is 0 Å². The smallest absolute Gasteiger partial charge is 0.115 e. The second-order valence-electron chi connectivity index (χ2n) is 5.88. The number of hydrogen-bond donors (Lipinski definition) is 1. The fourth-order valence-corrected chi connectivity index (χ4v) is 2.31. The van der Waals surface area contributed by atoms with Crippen molar-refractivity contribution in [2.75, 3.05) is 0 Å². The number of hydrogen-bond acceptors (Lipinski definition) is 2. The Morgan fingerprint density at radius 1 is 1.27 bits per heavy atom. The topological polar surface area (TPSA) is 42.2 Å². The summed E-state index contributed by atoms with van der Waals surface area (Å²) in [7, 11) is 0. The van der Waals surface area contributed by atoms with E-state index in [9.17, 15) is 0 Å². The molecule has 0 radical (unpaired) electrons. The van der Waals surface area contributed by atoms with Crippen molar-refractivity contribution >= 4 is 5.84 Å². The van der Waals surface area contributed by atoms with E-state index in [2.05, 4.69) is 47.3 Å². The highest BCUT2D eigenvalue weighted by Crippen LogP contribution is 2.22. The zero-order chi connectivity index (χ0) is 15.4. The fraction of sp³-hybridized carbons (Fsp3) is 0.222. The normalized spacial score (nSPS) is 18.2. The minimum atomic E-state index is -0.0141. The van der Waals surface area contributed by atoms with Gasteiger partial charge in [0.2, 0.25) is 0 Å². The SMILES string of the molecule is CC1(C)C=CN/C1=N/C=C\Cn1cnc(-c2ccccc2)c1. The van der Waals surface area contributed by atoms with Gasteiger partial charge in [-0.15, -0.1) is 0 Å². The zero-order valence-electron chi connectivity index (χ0n) is 12.9. The summed E-state index contributed by atoms with van der Waals surface area (Å²) in [6, 6.07) is 10.2. The third-order valence-corrected chi connectivity index (χ3v) is 3.66. The summed E-state index contributed by atoms with van der Waals surface area (Å²) in [4.78, 5) is 8.92. The molecule has 4 heteroatoms. The number of nitrogens with zero attached hydrogens (tertiary/aromatic N) is 3. The van der Waals surface area contributed by atoms with Gasteiger partial charge in [-0.3, -0.25) is 0 Å². The van der Waals surface area contributed by atoms with Gasteiger partial charge >= 0.3 is 0 Å². The molecule has 1 aromatic heterocycles. The van der Waals surface area contributed by atoms with Gasteiger partial charge in [-0.25, -0.2) is 9.98 Å². The van der Waals surface area contributed by atoms with Crippen molar-refractivity contribution in [1.82, 2.24) is 14.9 Å². The molecular weight excluding hydrogens is 272 g/mol. The van der Waals surface area contributed by atoms with E-state index in [1.165, 1.54) is 0 Å². The molecule has 0 aliphatic carbocycles. The second kappa shape index (κ2) is 6.02. The van der Waals surface area contributed by atoms with E-state index in [1.54, 1.807) is 0 Å². The minimum absolute atomic E-state index is 0.0141. The van der Waals surface area contributed by atoms with E-state index in [0.29, 0.717) is 0 Å². The minimum Gasteiger partial charge on any atom is -0.350 e. The van der Waals surface area contributed by atoms with Gasteiger partial charge in [0.25, 0.3) is 0 Å². The van der Waals surface area contributed by atoms with Crippen LogP contribution < -0.4 is 5.32 Å². The Labute approximate surface area is 130 Å². The molecule has 0 saturated heterocycles. The van der Waals surface area contributed by atoms with Crippen LogP contribution in [0.1, 0.15) is 13.8 Å². The highest BCUT2D eigenvalue weighted by Gasteiger charge is 2.24. The van der Waals surface area contributed by atoms with Crippen LogP contribution in [0.4, 0.5) is 0 Å². The molecule has 112 valence electrons. The van der Waals surface area contributed by atoms with E-state index in [-0.39, 0.29) is 5.41 Å². The Balaban J connectivity index is 1.62. The number of rotatable bonds is 4. The van der Waals surface area contributed by atoms with Crippen molar-refractivity contribution in [2.24, 2.45) is 10.4 Å². The molecule has 2 heterocycles. The first-order valence-corrected chi connectivity index (χ1v) is 7.40. The second-order valence-corrected chi connectivity index (χ2v) is 5.88. The van der Waals surface area contributed by atoms with Crippen LogP contribution in [0.2, 0.25) is 0 Å². The summed E-state index contributed by atoms with van der Waals surface area (Å²) in [5.74, 6) is 0.972. The van der Waals surface area contributed by atoms with Gasteiger partial charge in [-0.2, -0.15) is 0 Å². The first-order chi connectivity index (χ1) is 10.6. The number of allylic oxidation sites excluding steroid dienone is 1. The van der Waals surface area contributed by atoms with Gasteiger partial charge < -0.3 is 9.88 Å². The predicted octanol–water partition coefficient (Wildman–Crippen LogP) is 3.61. The molecule has 2 aromatic rings. The van der Waals surface area contributed by atoms with E-state index >= 15 is 0 Å². The molecule has 0 unspecified atom stereocenters. The molecule has 22 heavy (non-hydrogen) atoms. The molecule has 1 N–H and O–H groups in total. The number of aliphatic imine (C=N–C) groups is 1. The predicted molar refractivity (Wildman–Crippen MR) is 90.3 cm³/mol. The molecule has 3 rings (SSSR count). The third kappa shape index (κ3) is 3.17. The Kier molecular flexibility index (Phi) is 3.92. The van der Waals surface area contributed by atoms with Crippen molar-refractivity contribution in [3.63, 3.8) is 0 Å². The van der Waals surface area contributed by atoms with E-state index in [4.69, 9.17) is 0 Å². The van der Waals surface area contributed by atoms with Crippen LogP contribution in [-0.2, 0) is 6.54 Å². The maximum absolute atomic E-state index is 4.48. The van der Waals surface area contributed by atoms with Crippen molar-refractivity contribution in [2.45, 2.75) is 20.4 Å². The average molecular weight is 292 g/mol. The molecule has 1 aromatic carbocycles. The Morgan fingerprint density at radius 3 is 2.82 bits per heavy atom. The summed E-state index contributed by atoms with van der Waals surface area (Å²) in [5, 5.41) is 3.17. The molecule has 0 atom stereocenters. The van der Waals surface area contributed by atoms with Crippen LogP contribution in [0.5, 0.6) is 0 Å². The number of imidazole rings is 1. The maximum Gasteiger partial charge on any atom is 0.115 e. The first kappa shape index (κ1) is 14.3. The third-order valence-electron chi connectivity index (χ3n) is 3.66. The largest absolute Gasteiger partial charge is 0.350 e. The average Bonchev–Trinajstić information content (AvgIpc) is 3.11. The molecule has 0 saturated carbocycles. The van der Waals surface area contributed by atoms with Crippen molar-refractivity contribution in [3.05, 3.63) is 67.4 Å². The van der Waals surface area contributed by atoms with Gasteiger partial charge in [0, 0.05) is 29.9 Å². The number of benzene rings is 1. The summed E-state index contributed by atoms with van der Waals surface area (Å²) in [5.41, 5.74) is 2.11. The zero-order valence-corrected chi connectivity index (χ0v) is 12.9. The van der Waals surface area contributed by atoms with Crippen LogP contribution in [0.25, 0.3) is 11.3 Å². The molecule has 4 nitrogen and oxygen atoms in total. The van der Waals surface area contributed by atoms with Crippen LogP contribution >= 0.6 is 0 Å². The van der Waals surface area contributed by atoms with Gasteiger partial charge in [-0.1, -0.05) is 36.4 Å². The Bertz CT molecular complexity index is 721. The molecule has 0 fully saturated rings. The highest BCUT2D eigenvalue weighted by atomic mass is 15.0. The van der Waals surface area contributed by atoms with Crippen LogP contribution in [0.15, 0.2) is 72.4 Å². The summed E-state index contributed by atoms with van der Waals surface area (Å²) in [6.07, 6.45) is 11.8. The lowest BCUT2D eigenvalue weighted by Gasteiger charge is -2.14. The van der Waals surface area contributed by atoms with Gasteiger partial charge in [0.15, 0.2) is 0 Å².